The van der Waals surface area contributed by atoms with Gasteiger partial charge < -0.3 is 19.9 Å². The van der Waals surface area contributed by atoms with Gasteiger partial charge in [0.2, 0.25) is 11.4 Å². The number of alkyl halides is 1. The molecule has 44 heavy (non-hydrogen) atoms. The Morgan fingerprint density at radius 3 is 2.77 bits per heavy atom. The second-order valence-electron chi connectivity index (χ2n) is 12.6. The van der Waals surface area contributed by atoms with Crippen LogP contribution in [-0.4, -0.2) is 76.4 Å². The summed E-state index contributed by atoms with van der Waals surface area (Å²) >= 11 is 0. The number of nitrogens with zero attached hydrogens (tertiary/aromatic N) is 4. The average Bonchev–Trinajstić information content (AvgIpc) is 3.66. The minimum absolute atomic E-state index is 0.0143. The van der Waals surface area contributed by atoms with Crippen molar-refractivity contribution in [1.29, 1.82) is 0 Å². The molecule has 4 aromatic rings. The lowest BCUT2D eigenvalue weighted by atomic mass is 9.95. The summed E-state index contributed by atoms with van der Waals surface area (Å²) in [5.41, 5.74) is -0.456. The van der Waals surface area contributed by atoms with E-state index >= 15 is 4.39 Å². The molecule has 4 saturated heterocycles. The van der Waals surface area contributed by atoms with Gasteiger partial charge in [-0.25, -0.2) is 18.2 Å². The fourth-order valence-electron chi connectivity index (χ4n) is 7.94. The molecule has 0 aliphatic carbocycles. The Morgan fingerprint density at radius 2 is 1.98 bits per heavy atom. The van der Waals surface area contributed by atoms with Gasteiger partial charge >= 0.3 is 0 Å². The Morgan fingerprint density at radius 1 is 1.16 bits per heavy atom. The fraction of sp³-hybridized carbons (Fsp3) is 0.424. The van der Waals surface area contributed by atoms with Crippen LogP contribution in [0.25, 0.3) is 33.1 Å². The molecule has 4 aliphatic heterocycles. The van der Waals surface area contributed by atoms with E-state index in [-0.39, 0.29) is 40.3 Å². The first-order chi connectivity index (χ1) is 21.3. The van der Waals surface area contributed by atoms with Crippen molar-refractivity contribution in [3.63, 3.8) is 0 Å². The number of anilines is 1. The van der Waals surface area contributed by atoms with Crippen LogP contribution in [0.15, 0.2) is 35.3 Å². The van der Waals surface area contributed by atoms with E-state index < -0.39 is 28.9 Å². The number of halogens is 3. The second-order valence-corrected chi connectivity index (χ2v) is 12.6. The molecule has 0 radical (unpaired) electrons. The molecule has 4 atom stereocenters. The minimum atomic E-state index is -0.901. The Labute approximate surface area is 251 Å². The maximum Gasteiger partial charge on any atom is 0.249 e. The van der Waals surface area contributed by atoms with Gasteiger partial charge in [-0.2, -0.15) is 0 Å². The van der Waals surface area contributed by atoms with Crippen LogP contribution in [0.4, 0.5) is 18.9 Å². The van der Waals surface area contributed by atoms with Crippen LogP contribution in [0.5, 0.6) is 5.88 Å². The largest absolute Gasteiger partial charge is 0.476 e. The van der Waals surface area contributed by atoms with E-state index in [1.54, 1.807) is 0 Å². The number of nitrogens with one attached hydrogen (secondary N) is 2. The summed E-state index contributed by atoms with van der Waals surface area (Å²) < 4.78 is 52.2. The van der Waals surface area contributed by atoms with Gasteiger partial charge in [0, 0.05) is 67.2 Å². The van der Waals surface area contributed by atoms with Crippen molar-refractivity contribution in [2.75, 3.05) is 37.7 Å². The number of aromatic amines is 1. The summed E-state index contributed by atoms with van der Waals surface area (Å²) in [6.45, 7) is 2.95. The first-order valence-corrected chi connectivity index (χ1v) is 15.2. The summed E-state index contributed by atoms with van der Waals surface area (Å²) in [4.78, 5) is 28.7. The summed E-state index contributed by atoms with van der Waals surface area (Å²) in [5, 5.41) is 4.67. The van der Waals surface area contributed by atoms with Crippen molar-refractivity contribution < 1.29 is 17.9 Å². The van der Waals surface area contributed by atoms with Crippen LogP contribution in [0.1, 0.15) is 37.7 Å². The van der Waals surface area contributed by atoms with Crippen LogP contribution >= 0.6 is 0 Å². The van der Waals surface area contributed by atoms with Crippen LogP contribution < -0.4 is 20.5 Å². The maximum absolute atomic E-state index is 16.7. The van der Waals surface area contributed by atoms with E-state index in [0.29, 0.717) is 35.8 Å². The number of hydrogen-bond donors (Lipinski definition) is 2. The van der Waals surface area contributed by atoms with Gasteiger partial charge in [0.1, 0.15) is 29.8 Å². The molecule has 0 spiro atoms. The van der Waals surface area contributed by atoms with E-state index in [0.717, 1.165) is 51.0 Å². The van der Waals surface area contributed by atoms with Crippen molar-refractivity contribution in [1.82, 2.24) is 25.2 Å². The maximum atomic E-state index is 16.7. The van der Waals surface area contributed by atoms with Gasteiger partial charge in [-0.15, -0.1) is 6.42 Å². The van der Waals surface area contributed by atoms with Crippen molar-refractivity contribution in [2.24, 2.45) is 0 Å². The molecule has 8 rings (SSSR count). The highest BCUT2D eigenvalue weighted by Gasteiger charge is 2.49. The number of ether oxygens (including phenoxy) is 1. The molecule has 2 bridgehead atoms. The fourth-order valence-corrected chi connectivity index (χ4v) is 7.94. The number of rotatable bonds is 5. The number of hydrogen-bond acceptors (Lipinski definition) is 7. The van der Waals surface area contributed by atoms with Gasteiger partial charge in [0.25, 0.3) is 0 Å². The third-order valence-electron chi connectivity index (χ3n) is 9.91. The second kappa shape index (κ2) is 10.2. The first kappa shape index (κ1) is 27.4. The molecular formula is C33H31F3N6O2. The molecule has 3 aromatic heterocycles. The zero-order valence-electron chi connectivity index (χ0n) is 24.0. The number of fused-ring (bicyclic) bond motifs is 5. The van der Waals surface area contributed by atoms with Crippen molar-refractivity contribution in [3.8, 4) is 29.6 Å². The van der Waals surface area contributed by atoms with E-state index in [1.807, 2.05) is 6.07 Å². The Kier molecular flexibility index (Phi) is 6.36. The van der Waals surface area contributed by atoms with Crippen LogP contribution in [0.3, 0.4) is 0 Å². The number of aromatic nitrogens is 3. The number of piperazine rings is 1. The molecule has 4 aliphatic rings. The Bertz CT molecular complexity index is 1910. The van der Waals surface area contributed by atoms with Crippen molar-refractivity contribution >= 4 is 27.4 Å². The number of benzene rings is 1. The molecule has 0 saturated carbocycles. The van der Waals surface area contributed by atoms with Gasteiger partial charge in [-0.05, 0) is 43.7 Å². The predicted molar refractivity (Wildman–Crippen MR) is 162 cm³/mol. The highest BCUT2D eigenvalue weighted by Crippen LogP contribution is 2.42. The smallest absolute Gasteiger partial charge is 0.249 e. The number of pyridine rings is 3. The highest BCUT2D eigenvalue weighted by molar-refractivity contribution is 6.01. The zero-order valence-corrected chi connectivity index (χ0v) is 24.0. The Balaban J connectivity index is 1.28. The average molecular weight is 601 g/mol. The lowest BCUT2D eigenvalue weighted by molar-refractivity contribution is 0.111. The summed E-state index contributed by atoms with van der Waals surface area (Å²) in [6, 6.07) is 6.38. The van der Waals surface area contributed by atoms with Crippen molar-refractivity contribution in [3.05, 3.63) is 58.0 Å². The van der Waals surface area contributed by atoms with Crippen LogP contribution in [-0.2, 0) is 0 Å². The SMILES string of the molecule is C#Cc1c(F)ccc2cc(=O)[nH]c(-c3ncc4c(N5CC6CCC(C5)N6)cc(OC[C@@]56CCCN5C[C@H](F)C6)nc4c3F)c12. The van der Waals surface area contributed by atoms with E-state index in [2.05, 4.69) is 36.0 Å². The van der Waals surface area contributed by atoms with E-state index in [1.165, 1.54) is 24.4 Å². The first-order valence-electron chi connectivity index (χ1n) is 15.2. The van der Waals surface area contributed by atoms with Crippen molar-refractivity contribution in [2.45, 2.75) is 55.9 Å². The molecule has 4 fully saturated rings. The Hall–Kier alpha value is -4.14. The molecule has 1 aromatic carbocycles. The monoisotopic (exact) mass is 600 g/mol. The van der Waals surface area contributed by atoms with Gasteiger partial charge in [-0.3, -0.25) is 14.7 Å². The molecule has 2 N–H and O–H groups in total. The lowest BCUT2D eigenvalue weighted by Gasteiger charge is -2.35. The standard InChI is InChI=1S/C33H31F3N6O2/c1-2-22-24(35)7-4-18-10-26(43)39-31(28(18)22)32-29(36)30-23(13-37-32)25(41-15-20-5-6-21(16-41)38-20)11-27(40-30)44-17-33-8-3-9-42(33)14-19(34)12-33/h1,4,7,10-11,13,19-21,38H,3,5-6,8-9,12,14-17H2,(H,39,43)/t19-,20?,21?,33+/m1/s1. The topological polar surface area (TPSA) is 86.4 Å². The zero-order chi connectivity index (χ0) is 30.2. The molecular weight excluding hydrogens is 569 g/mol. The molecule has 2 unspecified atom stereocenters. The number of H-pyrrole nitrogens is 1. The predicted octanol–water partition coefficient (Wildman–Crippen LogP) is 4.29. The summed E-state index contributed by atoms with van der Waals surface area (Å²) in [6.07, 6.45) is 10.6. The minimum Gasteiger partial charge on any atom is -0.476 e. The van der Waals surface area contributed by atoms with Crippen LogP contribution in [0.2, 0.25) is 0 Å². The summed E-state index contributed by atoms with van der Waals surface area (Å²) in [5.74, 6) is 1.12. The van der Waals surface area contributed by atoms with Gasteiger partial charge in [0.05, 0.1) is 22.5 Å². The number of terminal acetylenes is 1. The van der Waals surface area contributed by atoms with E-state index in [4.69, 9.17) is 11.2 Å². The van der Waals surface area contributed by atoms with E-state index in [9.17, 15) is 13.6 Å². The molecule has 226 valence electrons. The highest BCUT2D eigenvalue weighted by atomic mass is 19.1. The van der Waals surface area contributed by atoms with Crippen LogP contribution in [0, 0.1) is 24.0 Å². The quantitative estimate of drug-likeness (QED) is 0.331. The van der Waals surface area contributed by atoms with Gasteiger partial charge in [0.15, 0.2) is 5.82 Å². The van der Waals surface area contributed by atoms with Gasteiger partial charge in [-0.1, -0.05) is 12.0 Å². The molecule has 8 nitrogen and oxygen atoms in total. The molecule has 7 heterocycles. The summed E-state index contributed by atoms with van der Waals surface area (Å²) in [7, 11) is 0. The third-order valence-corrected chi connectivity index (χ3v) is 9.91. The third kappa shape index (κ3) is 4.34. The molecule has 11 heteroatoms. The normalized spacial score (nSPS) is 26.4. The molecule has 0 amide bonds. The lowest BCUT2D eigenvalue weighted by Crippen LogP contribution is -2.51.